The fourth-order valence-electron chi connectivity index (χ4n) is 11.3. The van der Waals surface area contributed by atoms with Gasteiger partial charge in [-0.2, -0.15) is 0 Å². The molecule has 1 aliphatic rings. The molecule has 0 spiro atoms. The number of nitrogens with one attached hydrogen (secondary N) is 1. The Morgan fingerprint density at radius 1 is 0.407 bits per heavy atom. The van der Waals surface area contributed by atoms with E-state index in [1.165, 1.54) is 225 Å². The Labute approximate surface area is 530 Å². The number of carbonyl (C=O) groups excluding carboxylic acids is 1. The first-order valence-electron chi connectivity index (χ1n) is 36.5. The Morgan fingerprint density at radius 3 is 1.07 bits per heavy atom. The van der Waals surface area contributed by atoms with Gasteiger partial charge in [-0.3, -0.25) is 4.79 Å². The summed E-state index contributed by atoms with van der Waals surface area (Å²) in [6.07, 6.45) is 88.0. The van der Waals surface area contributed by atoms with Crippen molar-refractivity contribution in [2.24, 2.45) is 0 Å². The van der Waals surface area contributed by atoms with Crippen LogP contribution in [-0.4, -0.2) is 87.5 Å². The van der Waals surface area contributed by atoms with Crippen molar-refractivity contribution < 1.29 is 39.8 Å². The Hall–Kier alpha value is -2.89. The lowest BCUT2D eigenvalue weighted by atomic mass is 9.99. The summed E-state index contributed by atoms with van der Waals surface area (Å²) in [7, 11) is 0. The molecule has 0 aromatic heterocycles. The zero-order chi connectivity index (χ0) is 62.1. The van der Waals surface area contributed by atoms with Crippen LogP contribution in [0.5, 0.6) is 0 Å². The molecule has 1 aliphatic heterocycles. The molecule has 0 aromatic rings. The fourth-order valence-corrected chi connectivity index (χ4v) is 11.3. The van der Waals surface area contributed by atoms with Crippen molar-refractivity contribution in [3.05, 3.63) is 97.2 Å². The van der Waals surface area contributed by atoms with Gasteiger partial charge in [0.15, 0.2) is 6.29 Å². The predicted octanol–water partition coefficient (Wildman–Crippen LogP) is 20.3. The molecule has 0 saturated carbocycles. The maximum absolute atomic E-state index is 13.1. The number of hydrogen-bond donors (Lipinski definition) is 6. The number of aliphatic hydroxyl groups excluding tert-OH is 5. The van der Waals surface area contributed by atoms with Crippen molar-refractivity contribution in [3.63, 3.8) is 0 Å². The lowest BCUT2D eigenvalue weighted by Gasteiger charge is -2.40. The summed E-state index contributed by atoms with van der Waals surface area (Å²) in [6, 6.07) is -0.811. The second kappa shape index (κ2) is 65.1. The van der Waals surface area contributed by atoms with Crippen LogP contribution in [0.15, 0.2) is 97.2 Å². The van der Waals surface area contributed by atoms with Crippen LogP contribution in [0.25, 0.3) is 0 Å². The summed E-state index contributed by atoms with van der Waals surface area (Å²) in [6.45, 7) is 3.70. The Bertz CT molecular complexity index is 1680. The first-order chi connectivity index (χ1) is 42.3. The average molecular weight is 1200 g/mol. The molecule has 1 fully saturated rings. The molecule has 0 bridgehead atoms. The van der Waals surface area contributed by atoms with E-state index >= 15 is 0 Å². The molecule has 1 amide bonds. The summed E-state index contributed by atoms with van der Waals surface area (Å²) in [5, 5.41) is 54.8. The van der Waals surface area contributed by atoms with Gasteiger partial charge in [-0.05, 0) is 77.0 Å². The largest absolute Gasteiger partial charge is 0.394 e. The SMILES string of the molecule is CC/C=C\C/C=C\C/C=C\C/C=C\C/C=C\C/C=C\C/C=C\CCCCCCCCCCCCCCCCCC(=O)NC(COC1OC(CO)C(O)C(O)C1O)C(O)/C=C/CCCCCCCCCCCCCCCCCCCCCCCCCC. The minimum atomic E-state index is -1.57. The standard InChI is InChI=1S/C77H137NO8/c1-3-5-7-9-11-13-15-17-19-21-23-25-27-29-31-32-33-34-35-36-37-38-39-40-41-43-45-47-49-51-53-55-57-59-61-63-65-67-73(81)78-70(69-85-77-76(84)75(83)74(82)72(68-79)86-77)71(80)66-64-62-60-58-56-54-52-50-48-46-44-42-30-28-26-24-22-20-18-16-14-12-10-8-6-4-2/h5,7,11,13,17,19,23,25,29,31,33-34,36-37,64,66,70-72,74-77,79-80,82-84H,3-4,6,8-10,12,14-16,18,20-22,24,26-28,30,32,35,38-63,65,67-69H2,1-2H3,(H,78,81)/b7-5-,13-11-,19-17-,25-23-,31-29-,34-33-,37-36-,66-64+. The summed E-state index contributed by atoms with van der Waals surface area (Å²) in [4.78, 5) is 13.1. The van der Waals surface area contributed by atoms with Gasteiger partial charge in [-0.1, -0.05) is 342 Å². The van der Waals surface area contributed by atoms with Crippen LogP contribution in [0, 0.1) is 0 Å². The van der Waals surface area contributed by atoms with Crippen LogP contribution in [0.2, 0.25) is 0 Å². The van der Waals surface area contributed by atoms with Gasteiger partial charge in [0.2, 0.25) is 5.91 Å². The van der Waals surface area contributed by atoms with Crippen LogP contribution in [-0.2, 0) is 14.3 Å². The minimum absolute atomic E-state index is 0.176. The van der Waals surface area contributed by atoms with E-state index in [1.807, 2.05) is 6.08 Å². The van der Waals surface area contributed by atoms with Crippen molar-refractivity contribution in [1.82, 2.24) is 5.32 Å². The molecule has 7 atom stereocenters. The van der Waals surface area contributed by atoms with Crippen molar-refractivity contribution in [2.45, 2.75) is 371 Å². The van der Waals surface area contributed by atoms with Gasteiger partial charge in [0, 0.05) is 6.42 Å². The van der Waals surface area contributed by atoms with E-state index in [4.69, 9.17) is 9.47 Å². The monoisotopic (exact) mass is 1200 g/mol. The molecule has 1 saturated heterocycles. The average Bonchev–Trinajstić information content (AvgIpc) is 2.44. The zero-order valence-corrected chi connectivity index (χ0v) is 55.8. The molecular formula is C77H137NO8. The minimum Gasteiger partial charge on any atom is -0.394 e. The van der Waals surface area contributed by atoms with Gasteiger partial charge >= 0.3 is 0 Å². The number of rotatable bonds is 63. The number of allylic oxidation sites excluding steroid dienone is 15. The predicted molar refractivity (Wildman–Crippen MR) is 368 cm³/mol. The number of ether oxygens (including phenoxy) is 2. The molecule has 1 rings (SSSR count). The van der Waals surface area contributed by atoms with Crippen LogP contribution < -0.4 is 5.32 Å². The highest BCUT2D eigenvalue weighted by Gasteiger charge is 2.44. The van der Waals surface area contributed by atoms with E-state index < -0.39 is 49.5 Å². The topological polar surface area (TPSA) is 149 Å². The smallest absolute Gasteiger partial charge is 0.220 e. The summed E-state index contributed by atoms with van der Waals surface area (Å²) >= 11 is 0. The highest BCUT2D eigenvalue weighted by Crippen LogP contribution is 2.23. The van der Waals surface area contributed by atoms with Crippen LogP contribution >= 0.6 is 0 Å². The van der Waals surface area contributed by atoms with Gasteiger partial charge in [0.1, 0.15) is 24.4 Å². The molecule has 0 aromatic carbocycles. The van der Waals surface area contributed by atoms with E-state index in [0.717, 1.165) is 83.5 Å². The summed E-state index contributed by atoms with van der Waals surface area (Å²) in [5.74, 6) is -0.176. The summed E-state index contributed by atoms with van der Waals surface area (Å²) in [5.41, 5.74) is 0. The van der Waals surface area contributed by atoms with Crippen molar-refractivity contribution in [1.29, 1.82) is 0 Å². The molecule has 7 unspecified atom stereocenters. The zero-order valence-electron chi connectivity index (χ0n) is 55.8. The van der Waals surface area contributed by atoms with Gasteiger partial charge in [-0.15, -0.1) is 0 Å². The number of unbranched alkanes of at least 4 members (excludes halogenated alkanes) is 39. The third kappa shape index (κ3) is 53.0. The normalized spacial score (nSPS) is 18.6. The highest BCUT2D eigenvalue weighted by atomic mass is 16.7. The Balaban J connectivity index is 2.12. The number of amides is 1. The second-order valence-electron chi connectivity index (χ2n) is 25.0. The number of carbonyl (C=O) groups is 1. The molecule has 6 N–H and O–H groups in total. The Morgan fingerprint density at radius 2 is 0.721 bits per heavy atom. The third-order valence-corrected chi connectivity index (χ3v) is 16.9. The first kappa shape index (κ1) is 81.1. The molecule has 9 heteroatoms. The van der Waals surface area contributed by atoms with Crippen molar-refractivity contribution in [3.8, 4) is 0 Å². The van der Waals surface area contributed by atoms with Crippen LogP contribution in [0.3, 0.4) is 0 Å². The molecule has 86 heavy (non-hydrogen) atoms. The van der Waals surface area contributed by atoms with Gasteiger partial charge in [0.05, 0.1) is 25.4 Å². The fraction of sp³-hybridized carbons (Fsp3) is 0.779. The first-order valence-corrected chi connectivity index (χ1v) is 36.5. The quantitative estimate of drug-likeness (QED) is 0.0261. The van der Waals surface area contributed by atoms with Crippen LogP contribution in [0.4, 0.5) is 0 Å². The molecule has 498 valence electrons. The number of hydrogen-bond acceptors (Lipinski definition) is 8. The maximum Gasteiger partial charge on any atom is 0.220 e. The summed E-state index contributed by atoms with van der Waals surface area (Å²) < 4.78 is 11.3. The molecule has 9 nitrogen and oxygen atoms in total. The van der Waals surface area contributed by atoms with E-state index in [1.54, 1.807) is 6.08 Å². The van der Waals surface area contributed by atoms with E-state index in [9.17, 15) is 30.3 Å². The van der Waals surface area contributed by atoms with E-state index in [2.05, 4.69) is 104 Å². The molecule has 0 radical (unpaired) electrons. The van der Waals surface area contributed by atoms with Crippen molar-refractivity contribution >= 4 is 5.91 Å². The molecular weight excluding hydrogens is 1070 g/mol. The third-order valence-electron chi connectivity index (χ3n) is 16.9. The maximum atomic E-state index is 13.1. The van der Waals surface area contributed by atoms with Crippen molar-refractivity contribution in [2.75, 3.05) is 13.2 Å². The van der Waals surface area contributed by atoms with Gasteiger partial charge in [-0.25, -0.2) is 0 Å². The van der Waals surface area contributed by atoms with E-state index in [0.29, 0.717) is 6.42 Å². The lowest BCUT2D eigenvalue weighted by Crippen LogP contribution is -2.60. The lowest BCUT2D eigenvalue weighted by molar-refractivity contribution is -0.302. The van der Waals surface area contributed by atoms with Gasteiger partial charge < -0.3 is 40.3 Å². The van der Waals surface area contributed by atoms with E-state index in [-0.39, 0.29) is 12.5 Å². The highest BCUT2D eigenvalue weighted by molar-refractivity contribution is 5.76. The Kier molecular flexibility index (Phi) is 61.4. The molecule has 1 heterocycles. The molecule has 0 aliphatic carbocycles. The van der Waals surface area contributed by atoms with Gasteiger partial charge in [0.25, 0.3) is 0 Å². The van der Waals surface area contributed by atoms with Crippen LogP contribution in [0.1, 0.15) is 328 Å². The number of aliphatic hydroxyl groups is 5. The second-order valence-corrected chi connectivity index (χ2v) is 25.0.